The van der Waals surface area contributed by atoms with E-state index >= 15 is 0 Å². The fraction of sp³-hybridized carbons (Fsp3) is 0.500. The Hall–Kier alpha value is -2.08. The molecule has 1 fully saturated rings. The summed E-state index contributed by atoms with van der Waals surface area (Å²) in [7, 11) is 3.28. The van der Waals surface area contributed by atoms with E-state index in [2.05, 4.69) is 5.32 Å². The van der Waals surface area contributed by atoms with Gasteiger partial charge in [-0.3, -0.25) is 14.4 Å². The third-order valence-corrected chi connectivity index (χ3v) is 4.63. The molecule has 0 saturated carbocycles. The average Bonchev–Trinajstić information content (AvgIpc) is 2.61. The third kappa shape index (κ3) is 4.51. The Kier molecular flexibility index (Phi) is 6.42. The normalized spacial score (nSPS) is 17.1. The standard InChI is InChI=1S/C18H24ClN3O3/c1-4-16(23)22-10-6-5-7-15(22)17(24)20-12-8-9-14(19)13(11-12)18(25)21(2)3/h8-9,11,15H,4-7,10H2,1-3H3,(H,20,24). The van der Waals surface area contributed by atoms with Crippen molar-refractivity contribution in [1.29, 1.82) is 0 Å². The van der Waals surface area contributed by atoms with E-state index in [9.17, 15) is 14.4 Å². The van der Waals surface area contributed by atoms with Crippen LogP contribution >= 0.6 is 11.6 Å². The second-order valence-electron chi connectivity index (χ2n) is 6.34. The van der Waals surface area contributed by atoms with E-state index in [1.807, 2.05) is 0 Å². The minimum Gasteiger partial charge on any atom is -0.345 e. The van der Waals surface area contributed by atoms with Gasteiger partial charge in [0.05, 0.1) is 10.6 Å². The summed E-state index contributed by atoms with van der Waals surface area (Å²) in [5, 5.41) is 3.15. The zero-order valence-corrected chi connectivity index (χ0v) is 15.6. The van der Waals surface area contributed by atoms with Gasteiger partial charge in [-0.15, -0.1) is 0 Å². The quantitative estimate of drug-likeness (QED) is 0.891. The maximum absolute atomic E-state index is 12.7. The van der Waals surface area contributed by atoms with E-state index in [0.717, 1.165) is 12.8 Å². The number of nitrogens with one attached hydrogen (secondary N) is 1. The van der Waals surface area contributed by atoms with Gasteiger partial charge < -0.3 is 15.1 Å². The highest BCUT2D eigenvalue weighted by molar-refractivity contribution is 6.34. The number of anilines is 1. The lowest BCUT2D eigenvalue weighted by Gasteiger charge is -2.34. The number of amides is 3. The molecule has 1 N–H and O–H groups in total. The third-order valence-electron chi connectivity index (χ3n) is 4.30. The number of carbonyl (C=O) groups is 3. The summed E-state index contributed by atoms with van der Waals surface area (Å²) in [4.78, 5) is 40.0. The number of piperidine rings is 1. The second-order valence-corrected chi connectivity index (χ2v) is 6.74. The van der Waals surface area contributed by atoms with Crippen molar-refractivity contribution in [3.63, 3.8) is 0 Å². The molecule has 1 unspecified atom stereocenters. The summed E-state index contributed by atoms with van der Waals surface area (Å²) >= 11 is 6.09. The molecule has 1 heterocycles. The van der Waals surface area contributed by atoms with Crippen LogP contribution in [0.25, 0.3) is 0 Å². The highest BCUT2D eigenvalue weighted by atomic mass is 35.5. The minimum atomic E-state index is -0.468. The average molecular weight is 366 g/mol. The summed E-state index contributed by atoms with van der Waals surface area (Å²) in [6.07, 6.45) is 2.86. The Morgan fingerprint density at radius 3 is 2.64 bits per heavy atom. The molecular formula is C18H24ClN3O3. The molecular weight excluding hydrogens is 342 g/mol. The van der Waals surface area contributed by atoms with Crippen LogP contribution in [0.3, 0.4) is 0 Å². The largest absolute Gasteiger partial charge is 0.345 e. The summed E-state index contributed by atoms with van der Waals surface area (Å²) in [6.45, 7) is 2.40. The van der Waals surface area contributed by atoms with Crippen molar-refractivity contribution in [1.82, 2.24) is 9.80 Å². The predicted molar refractivity (Wildman–Crippen MR) is 97.7 cm³/mol. The van der Waals surface area contributed by atoms with Crippen molar-refractivity contribution < 1.29 is 14.4 Å². The van der Waals surface area contributed by atoms with Crippen molar-refractivity contribution in [3.8, 4) is 0 Å². The molecule has 1 aliphatic rings. The fourth-order valence-corrected chi connectivity index (χ4v) is 3.14. The van der Waals surface area contributed by atoms with Crippen LogP contribution in [0.4, 0.5) is 5.69 Å². The van der Waals surface area contributed by atoms with Gasteiger partial charge in [0, 0.05) is 32.7 Å². The molecule has 1 aliphatic heterocycles. The number of carbonyl (C=O) groups excluding carboxylic acids is 3. The van der Waals surface area contributed by atoms with Gasteiger partial charge in [0.25, 0.3) is 5.91 Å². The Labute approximate surface area is 153 Å². The molecule has 1 aromatic carbocycles. The Balaban J connectivity index is 2.18. The molecule has 1 saturated heterocycles. The van der Waals surface area contributed by atoms with Crippen molar-refractivity contribution in [2.24, 2.45) is 0 Å². The molecule has 7 heteroatoms. The highest BCUT2D eigenvalue weighted by Gasteiger charge is 2.31. The van der Waals surface area contributed by atoms with Crippen LogP contribution in [0.2, 0.25) is 5.02 Å². The van der Waals surface area contributed by atoms with E-state index in [-0.39, 0.29) is 17.7 Å². The van der Waals surface area contributed by atoms with Crippen molar-refractivity contribution in [3.05, 3.63) is 28.8 Å². The zero-order chi connectivity index (χ0) is 18.6. The maximum Gasteiger partial charge on any atom is 0.254 e. The zero-order valence-electron chi connectivity index (χ0n) is 14.8. The molecule has 0 aromatic heterocycles. The molecule has 0 radical (unpaired) electrons. The van der Waals surface area contributed by atoms with Gasteiger partial charge in [0.1, 0.15) is 6.04 Å². The SMILES string of the molecule is CCC(=O)N1CCCCC1C(=O)Nc1ccc(Cl)c(C(=O)N(C)C)c1. The number of rotatable bonds is 4. The number of benzene rings is 1. The van der Waals surface area contributed by atoms with Crippen molar-refractivity contribution in [2.75, 3.05) is 26.0 Å². The molecule has 1 aromatic rings. The summed E-state index contributed by atoms with van der Waals surface area (Å²) < 4.78 is 0. The topological polar surface area (TPSA) is 69.7 Å². The van der Waals surface area contributed by atoms with Gasteiger partial charge in [0.2, 0.25) is 11.8 Å². The van der Waals surface area contributed by atoms with E-state index in [0.29, 0.717) is 35.7 Å². The van der Waals surface area contributed by atoms with Crippen LogP contribution in [0.15, 0.2) is 18.2 Å². The first kappa shape index (κ1) is 19.2. The van der Waals surface area contributed by atoms with Crippen LogP contribution in [-0.2, 0) is 9.59 Å². The molecule has 0 aliphatic carbocycles. The lowest BCUT2D eigenvalue weighted by Crippen LogP contribution is -2.49. The lowest BCUT2D eigenvalue weighted by molar-refractivity contribution is -0.140. The van der Waals surface area contributed by atoms with Crippen LogP contribution in [0.1, 0.15) is 43.0 Å². The number of likely N-dealkylation sites (tertiary alicyclic amines) is 1. The van der Waals surface area contributed by atoms with E-state index < -0.39 is 6.04 Å². The molecule has 0 bridgehead atoms. The van der Waals surface area contributed by atoms with E-state index in [4.69, 9.17) is 11.6 Å². The summed E-state index contributed by atoms with van der Waals surface area (Å²) in [5.74, 6) is -0.479. The molecule has 0 spiro atoms. The molecule has 1 atom stereocenters. The van der Waals surface area contributed by atoms with Gasteiger partial charge >= 0.3 is 0 Å². The van der Waals surface area contributed by atoms with Crippen molar-refractivity contribution >= 4 is 35.0 Å². The predicted octanol–water partition coefficient (Wildman–Crippen LogP) is 2.77. The molecule has 25 heavy (non-hydrogen) atoms. The van der Waals surface area contributed by atoms with Crippen LogP contribution < -0.4 is 5.32 Å². The summed E-state index contributed by atoms with van der Waals surface area (Å²) in [5.41, 5.74) is 0.823. The first-order valence-electron chi connectivity index (χ1n) is 8.46. The van der Waals surface area contributed by atoms with E-state index in [1.54, 1.807) is 44.1 Å². The number of hydrogen-bond donors (Lipinski definition) is 1. The fourth-order valence-electron chi connectivity index (χ4n) is 2.94. The Morgan fingerprint density at radius 2 is 2.00 bits per heavy atom. The van der Waals surface area contributed by atoms with Gasteiger partial charge in [-0.1, -0.05) is 18.5 Å². The highest BCUT2D eigenvalue weighted by Crippen LogP contribution is 2.24. The second kappa shape index (κ2) is 8.34. The monoisotopic (exact) mass is 365 g/mol. The molecule has 3 amide bonds. The Morgan fingerprint density at radius 1 is 1.28 bits per heavy atom. The number of nitrogens with zero attached hydrogens (tertiary/aromatic N) is 2. The molecule has 2 rings (SSSR count). The minimum absolute atomic E-state index is 0.0144. The van der Waals surface area contributed by atoms with Gasteiger partial charge in [-0.05, 0) is 37.5 Å². The number of hydrogen-bond acceptors (Lipinski definition) is 3. The smallest absolute Gasteiger partial charge is 0.254 e. The lowest BCUT2D eigenvalue weighted by atomic mass is 10.0. The Bertz CT molecular complexity index is 676. The molecule has 6 nitrogen and oxygen atoms in total. The first-order chi connectivity index (χ1) is 11.8. The van der Waals surface area contributed by atoms with E-state index in [1.165, 1.54) is 4.90 Å². The van der Waals surface area contributed by atoms with Crippen LogP contribution in [0, 0.1) is 0 Å². The van der Waals surface area contributed by atoms with Crippen LogP contribution in [-0.4, -0.2) is 54.2 Å². The van der Waals surface area contributed by atoms with Crippen LogP contribution in [0.5, 0.6) is 0 Å². The van der Waals surface area contributed by atoms with Gasteiger partial charge in [-0.2, -0.15) is 0 Å². The summed E-state index contributed by atoms with van der Waals surface area (Å²) in [6, 6.07) is 4.34. The maximum atomic E-state index is 12.7. The van der Waals surface area contributed by atoms with Crippen molar-refractivity contribution in [2.45, 2.75) is 38.6 Å². The van der Waals surface area contributed by atoms with Gasteiger partial charge in [-0.25, -0.2) is 0 Å². The van der Waals surface area contributed by atoms with Gasteiger partial charge in [0.15, 0.2) is 0 Å². The molecule has 136 valence electrons. The first-order valence-corrected chi connectivity index (χ1v) is 8.84. The number of halogens is 1.